The van der Waals surface area contributed by atoms with Crippen molar-refractivity contribution in [2.45, 2.75) is 9.79 Å². The number of fused-ring (bicyclic) bond motifs is 5. The average Bonchev–Trinajstić information content (AvgIpc) is 2.97. The first kappa shape index (κ1) is 22.2. The third kappa shape index (κ3) is 2.44. The molecule has 0 atom stereocenters. The van der Waals surface area contributed by atoms with Crippen LogP contribution < -0.4 is 5.56 Å². The van der Waals surface area contributed by atoms with Crippen LogP contribution >= 0.6 is 0 Å². The summed E-state index contributed by atoms with van der Waals surface area (Å²) in [5, 5.41) is 22.6. The van der Waals surface area contributed by atoms with E-state index in [0.717, 1.165) is 10.8 Å². The first-order valence-corrected chi connectivity index (χ1v) is 13.6. The summed E-state index contributed by atoms with van der Waals surface area (Å²) in [6.07, 6.45) is 0. The van der Waals surface area contributed by atoms with Gasteiger partial charge in [0.2, 0.25) is 5.69 Å². The Labute approximate surface area is 225 Å². The van der Waals surface area contributed by atoms with Crippen LogP contribution in [0, 0.1) is 29.2 Å². The van der Waals surface area contributed by atoms with Gasteiger partial charge >= 0.3 is 0 Å². The molecule has 0 saturated heterocycles. The third-order valence-corrected chi connectivity index (χ3v) is 9.61. The van der Waals surface area contributed by atoms with E-state index in [4.69, 9.17) is 11.6 Å². The maximum Gasteiger partial charge on any atom is 0.263 e. The Kier molecular flexibility index (Phi) is 3.98. The van der Waals surface area contributed by atoms with E-state index in [2.05, 4.69) is 10.9 Å². The Morgan fingerprint density at radius 2 is 1.70 bits per heavy atom. The molecule has 3 heterocycles. The molecule has 0 fully saturated rings. The minimum Gasteiger partial charge on any atom is -0.268 e. The van der Waals surface area contributed by atoms with Crippen molar-refractivity contribution in [2.75, 3.05) is 0 Å². The number of nitrogens with zero attached hydrogens (tertiary/aromatic N) is 5. The van der Waals surface area contributed by atoms with Crippen LogP contribution in [0.2, 0.25) is 0 Å². The highest BCUT2D eigenvalue weighted by molar-refractivity contribution is 7.92. The first-order chi connectivity index (χ1) is 19.4. The minimum absolute atomic E-state index is 0.0946. The van der Waals surface area contributed by atoms with Gasteiger partial charge in [0.15, 0.2) is 9.84 Å². The lowest BCUT2D eigenvalue weighted by Gasteiger charge is -2.25. The van der Waals surface area contributed by atoms with E-state index < -0.39 is 15.4 Å². The Morgan fingerprint density at radius 1 is 0.900 bits per heavy atom. The van der Waals surface area contributed by atoms with Crippen molar-refractivity contribution in [1.82, 2.24) is 9.38 Å². The molecule has 9 heteroatoms. The van der Waals surface area contributed by atoms with Gasteiger partial charge in [-0.25, -0.2) is 18.2 Å². The molecule has 8 nitrogen and oxygen atoms in total. The van der Waals surface area contributed by atoms with Crippen molar-refractivity contribution < 1.29 is 8.42 Å². The normalized spacial score (nSPS) is 13.4. The van der Waals surface area contributed by atoms with E-state index in [1.54, 1.807) is 6.07 Å². The molecule has 1 aliphatic heterocycles. The quantitative estimate of drug-likeness (QED) is 0.137. The maximum absolute atomic E-state index is 14.2. The van der Waals surface area contributed by atoms with E-state index >= 15 is 0 Å². The second-order valence-electron chi connectivity index (χ2n) is 9.65. The number of nitriles is 2. The summed E-state index contributed by atoms with van der Waals surface area (Å²) in [5.41, 5.74) is 1.73. The highest BCUT2D eigenvalue weighted by atomic mass is 32.2. The zero-order valence-electron chi connectivity index (χ0n) is 20.2. The van der Waals surface area contributed by atoms with Crippen molar-refractivity contribution in [3.05, 3.63) is 99.6 Å². The van der Waals surface area contributed by atoms with Crippen LogP contribution in [0.15, 0.2) is 81.3 Å². The predicted molar refractivity (Wildman–Crippen MR) is 149 cm³/mol. The summed E-state index contributed by atoms with van der Waals surface area (Å²) in [6, 6.07) is 22.6. The molecule has 0 saturated carbocycles. The van der Waals surface area contributed by atoms with Gasteiger partial charge in [0.05, 0.1) is 50.7 Å². The van der Waals surface area contributed by atoms with Gasteiger partial charge in [-0.15, -0.1) is 0 Å². The average molecular weight is 534 g/mol. The van der Waals surface area contributed by atoms with Crippen LogP contribution in [0.1, 0.15) is 11.1 Å². The van der Waals surface area contributed by atoms with Crippen molar-refractivity contribution in [1.29, 1.82) is 10.5 Å². The number of aromatic nitrogens is 2. The Morgan fingerprint density at radius 3 is 2.45 bits per heavy atom. The molecule has 0 radical (unpaired) electrons. The molecule has 0 N–H and O–H groups in total. The Balaban J connectivity index is 1.76. The van der Waals surface area contributed by atoms with Crippen LogP contribution in [-0.4, -0.2) is 17.8 Å². The predicted octanol–water partition coefficient (Wildman–Crippen LogP) is 5.85. The molecule has 0 spiro atoms. The lowest BCUT2D eigenvalue weighted by molar-refractivity contribution is 0.597. The monoisotopic (exact) mass is 533 g/mol. The molecule has 2 aromatic heterocycles. The lowest BCUT2D eigenvalue weighted by Crippen LogP contribution is -2.19. The lowest BCUT2D eigenvalue weighted by atomic mass is 9.88. The molecule has 0 bridgehead atoms. The second kappa shape index (κ2) is 7.18. The fraction of sp³-hybridized carbons (Fsp3) is 0. The number of sulfone groups is 1. The zero-order chi connectivity index (χ0) is 27.5. The number of benzene rings is 5. The largest absolute Gasteiger partial charge is 0.268 e. The van der Waals surface area contributed by atoms with E-state index in [9.17, 15) is 23.7 Å². The molecule has 8 rings (SSSR count). The van der Waals surface area contributed by atoms with Gasteiger partial charge in [0.25, 0.3) is 5.56 Å². The fourth-order valence-electron chi connectivity index (χ4n) is 6.17. The smallest absolute Gasteiger partial charge is 0.263 e. The molecule has 0 amide bonds. The van der Waals surface area contributed by atoms with Gasteiger partial charge in [-0.3, -0.25) is 9.20 Å². The van der Waals surface area contributed by atoms with Gasteiger partial charge in [-0.2, -0.15) is 10.5 Å². The van der Waals surface area contributed by atoms with E-state index in [1.807, 2.05) is 42.5 Å². The van der Waals surface area contributed by atoms with Gasteiger partial charge in [-0.1, -0.05) is 24.3 Å². The van der Waals surface area contributed by atoms with Crippen molar-refractivity contribution in [3.63, 3.8) is 0 Å². The van der Waals surface area contributed by atoms with Crippen LogP contribution in [-0.2, 0) is 9.84 Å². The Bertz CT molecular complexity index is 2660. The molecular formula is C31H11N5O3S. The van der Waals surface area contributed by atoms with Gasteiger partial charge in [0.1, 0.15) is 5.65 Å². The molecule has 1 aliphatic rings. The maximum atomic E-state index is 14.2. The van der Waals surface area contributed by atoms with E-state index in [0.29, 0.717) is 21.8 Å². The van der Waals surface area contributed by atoms with Crippen molar-refractivity contribution in [2.24, 2.45) is 0 Å². The minimum atomic E-state index is -4.24. The molecular weight excluding hydrogens is 522 g/mol. The second-order valence-corrected chi connectivity index (χ2v) is 11.5. The number of hydrogen-bond donors (Lipinski definition) is 0. The van der Waals surface area contributed by atoms with Gasteiger partial charge in [0, 0.05) is 38.1 Å². The SMILES string of the molecule is [C-]#[N+]c1cc2c(=O)n3c4cccc5cccc(nc3c3cc(C#N)c6c(c1S(=O)(=O)c1ccc(C#N)cc1-6)c23)c54. The molecule has 7 aromatic rings. The summed E-state index contributed by atoms with van der Waals surface area (Å²) >= 11 is 0. The first-order valence-electron chi connectivity index (χ1n) is 12.1. The topological polar surface area (TPSA) is 120 Å². The number of rotatable bonds is 0. The van der Waals surface area contributed by atoms with E-state index in [1.165, 1.54) is 28.7 Å². The van der Waals surface area contributed by atoms with Crippen molar-refractivity contribution >= 4 is 64.5 Å². The standard InChI is InChI=1S/C31H11N5O3S/c1-34-22-12-20-27-19(30-35-21-6-2-4-16-5-3-7-23(26(16)21)36(30)31(20)37)11-17(14-33)25-18-10-15(13-32)8-9-24(18)40(38,39)29(22)28(25)27/h2-12H. The summed E-state index contributed by atoms with van der Waals surface area (Å²) < 4.78 is 29.5. The fourth-order valence-corrected chi connectivity index (χ4v) is 7.94. The summed E-state index contributed by atoms with van der Waals surface area (Å²) in [5.74, 6) is 0. The van der Waals surface area contributed by atoms with Crippen molar-refractivity contribution in [3.8, 4) is 23.3 Å². The molecule has 0 unspecified atom stereocenters. The Hall–Kier alpha value is -5.82. The summed E-state index contributed by atoms with van der Waals surface area (Å²) in [4.78, 5) is 22.3. The molecule has 184 valence electrons. The highest BCUT2D eigenvalue weighted by Crippen LogP contribution is 2.52. The van der Waals surface area contributed by atoms with Gasteiger partial charge < -0.3 is 0 Å². The molecule has 40 heavy (non-hydrogen) atoms. The summed E-state index contributed by atoms with van der Waals surface area (Å²) in [7, 11) is -4.24. The van der Waals surface area contributed by atoms with Crippen LogP contribution in [0.5, 0.6) is 0 Å². The van der Waals surface area contributed by atoms with Gasteiger partial charge in [-0.05, 0) is 47.9 Å². The zero-order valence-corrected chi connectivity index (χ0v) is 21.0. The molecule has 5 aromatic carbocycles. The number of pyridine rings is 1. The number of hydrogen-bond acceptors (Lipinski definition) is 6. The summed E-state index contributed by atoms with van der Waals surface area (Å²) in [6.45, 7) is 7.87. The van der Waals surface area contributed by atoms with Crippen LogP contribution in [0.3, 0.4) is 0 Å². The van der Waals surface area contributed by atoms with E-state index in [-0.39, 0.29) is 54.2 Å². The third-order valence-electron chi connectivity index (χ3n) is 7.73. The molecule has 0 aliphatic carbocycles. The van der Waals surface area contributed by atoms with Crippen LogP contribution in [0.4, 0.5) is 5.69 Å². The van der Waals surface area contributed by atoms with Crippen LogP contribution in [0.25, 0.3) is 65.0 Å². The highest BCUT2D eigenvalue weighted by Gasteiger charge is 2.37.